The summed E-state index contributed by atoms with van der Waals surface area (Å²) in [4.78, 5) is 22.2. The zero-order chi connectivity index (χ0) is 16.8. The Kier molecular flexibility index (Phi) is 5.14. The van der Waals surface area contributed by atoms with Gasteiger partial charge in [0, 0.05) is 23.9 Å². The van der Waals surface area contributed by atoms with Crippen LogP contribution < -0.4 is 14.8 Å². The van der Waals surface area contributed by atoms with E-state index in [9.17, 15) is 14.9 Å². The van der Waals surface area contributed by atoms with E-state index in [0.29, 0.717) is 22.7 Å². The maximum atomic E-state index is 12.0. The van der Waals surface area contributed by atoms with Crippen LogP contribution in [0.3, 0.4) is 0 Å². The van der Waals surface area contributed by atoms with Crippen LogP contribution in [0.5, 0.6) is 11.5 Å². The van der Waals surface area contributed by atoms with Crippen molar-refractivity contribution in [2.24, 2.45) is 0 Å². The van der Waals surface area contributed by atoms with Crippen LogP contribution in [0, 0.1) is 10.1 Å². The summed E-state index contributed by atoms with van der Waals surface area (Å²) in [6.07, 6.45) is 0.117. The Hall–Kier alpha value is -3.09. The van der Waals surface area contributed by atoms with Gasteiger partial charge >= 0.3 is 0 Å². The monoisotopic (exact) mass is 316 g/mol. The minimum absolute atomic E-state index is 0.00551. The van der Waals surface area contributed by atoms with Crippen LogP contribution in [0.4, 0.5) is 11.4 Å². The molecule has 0 atom stereocenters. The predicted octanol–water partition coefficient (Wildman–Crippen LogP) is 2.79. The van der Waals surface area contributed by atoms with E-state index in [0.717, 1.165) is 0 Å². The molecule has 23 heavy (non-hydrogen) atoms. The van der Waals surface area contributed by atoms with Crippen molar-refractivity contribution in [3.05, 3.63) is 58.1 Å². The molecule has 0 aliphatic rings. The van der Waals surface area contributed by atoms with Crippen molar-refractivity contribution in [3.8, 4) is 11.5 Å². The average molecular weight is 316 g/mol. The van der Waals surface area contributed by atoms with Crippen molar-refractivity contribution in [2.75, 3.05) is 19.5 Å². The molecule has 0 aliphatic heterocycles. The van der Waals surface area contributed by atoms with Crippen LogP contribution in [0.25, 0.3) is 0 Å². The molecule has 2 rings (SSSR count). The molecule has 7 heteroatoms. The first-order chi connectivity index (χ1) is 11.0. The van der Waals surface area contributed by atoms with Gasteiger partial charge in [-0.2, -0.15) is 0 Å². The number of carbonyl (C=O) groups excluding carboxylic acids is 1. The van der Waals surface area contributed by atoms with Gasteiger partial charge < -0.3 is 14.8 Å². The molecule has 0 aromatic heterocycles. The Morgan fingerprint density at radius 1 is 1.09 bits per heavy atom. The van der Waals surface area contributed by atoms with Gasteiger partial charge in [0.25, 0.3) is 5.69 Å². The number of hydrogen-bond donors (Lipinski definition) is 1. The summed E-state index contributed by atoms with van der Waals surface area (Å²) in [6.45, 7) is 0. The number of carbonyl (C=O) groups is 1. The van der Waals surface area contributed by atoms with E-state index < -0.39 is 4.92 Å². The second-order valence-corrected chi connectivity index (χ2v) is 4.72. The fourth-order valence-corrected chi connectivity index (χ4v) is 2.04. The zero-order valence-electron chi connectivity index (χ0n) is 12.7. The maximum Gasteiger partial charge on any atom is 0.269 e. The summed E-state index contributed by atoms with van der Waals surface area (Å²) in [6, 6.07) is 10.9. The highest BCUT2D eigenvalue weighted by molar-refractivity contribution is 5.92. The molecule has 0 aliphatic carbocycles. The summed E-state index contributed by atoms with van der Waals surface area (Å²) in [5.74, 6) is 0.854. The first-order valence-electron chi connectivity index (χ1n) is 6.78. The number of anilines is 1. The molecule has 120 valence electrons. The molecule has 0 saturated heterocycles. The summed E-state index contributed by atoms with van der Waals surface area (Å²) in [7, 11) is 3.05. The SMILES string of the molecule is COc1ccc(NC(=O)Cc2ccc([N+](=O)[O-])cc2)cc1OC. The van der Waals surface area contributed by atoms with Gasteiger partial charge in [0.05, 0.1) is 25.6 Å². The van der Waals surface area contributed by atoms with Gasteiger partial charge in [-0.05, 0) is 17.7 Å². The lowest BCUT2D eigenvalue weighted by Gasteiger charge is -2.10. The quantitative estimate of drug-likeness (QED) is 0.653. The summed E-state index contributed by atoms with van der Waals surface area (Å²) in [5, 5.41) is 13.3. The van der Waals surface area contributed by atoms with Crippen LogP contribution in [-0.4, -0.2) is 25.1 Å². The summed E-state index contributed by atoms with van der Waals surface area (Å²) < 4.78 is 10.3. The predicted molar refractivity (Wildman–Crippen MR) is 85.0 cm³/mol. The minimum Gasteiger partial charge on any atom is -0.493 e. The number of nitrogens with zero attached hydrogens (tertiary/aromatic N) is 1. The standard InChI is InChI=1S/C16H16N2O5/c1-22-14-8-5-12(10-15(14)23-2)17-16(19)9-11-3-6-13(7-4-11)18(20)21/h3-8,10H,9H2,1-2H3,(H,17,19). The largest absolute Gasteiger partial charge is 0.493 e. The van der Waals surface area contributed by atoms with E-state index >= 15 is 0 Å². The Bertz CT molecular complexity index is 713. The fourth-order valence-electron chi connectivity index (χ4n) is 2.04. The smallest absolute Gasteiger partial charge is 0.269 e. The fraction of sp³-hybridized carbons (Fsp3) is 0.188. The molecule has 0 radical (unpaired) electrons. The van der Waals surface area contributed by atoms with Gasteiger partial charge in [0.1, 0.15) is 0 Å². The first-order valence-corrected chi connectivity index (χ1v) is 6.78. The average Bonchev–Trinajstić information content (AvgIpc) is 2.55. The highest BCUT2D eigenvalue weighted by Crippen LogP contribution is 2.29. The van der Waals surface area contributed by atoms with Crippen LogP contribution in [0.1, 0.15) is 5.56 Å². The van der Waals surface area contributed by atoms with Crippen molar-refractivity contribution in [1.29, 1.82) is 0 Å². The second kappa shape index (κ2) is 7.26. The number of amides is 1. The van der Waals surface area contributed by atoms with Gasteiger partial charge in [0.15, 0.2) is 11.5 Å². The molecule has 0 bridgehead atoms. The number of methoxy groups -OCH3 is 2. The van der Waals surface area contributed by atoms with Crippen molar-refractivity contribution in [1.82, 2.24) is 0 Å². The van der Waals surface area contributed by atoms with Gasteiger partial charge in [-0.3, -0.25) is 14.9 Å². The lowest BCUT2D eigenvalue weighted by molar-refractivity contribution is -0.384. The zero-order valence-corrected chi connectivity index (χ0v) is 12.7. The van der Waals surface area contributed by atoms with Crippen molar-refractivity contribution in [2.45, 2.75) is 6.42 Å². The Labute approximate surface area is 133 Å². The third-order valence-electron chi connectivity index (χ3n) is 3.18. The number of ether oxygens (including phenoxy) is 2. The molecule has 2 aromatic carbocycles. The molecule has 7 nitrogen and oxygen atoms in total. The van der Waals surface area contributed by atoms with Crippen LogP contribution in [0.15, 0.2) is 42.5 Å². The van der Waals surface area contributed by atoms with Gasteiger partial charge in [-0.25, -0.2) is 0 Å². The van der Waals surface area contributed by atoms with E-state index in [1.807, 2.05) is 0 Å². The van der Waals surface area contributed by atoms with Crippen LogP contribution >= 0.6 is 0 Å². The molecule has 0 heterocycles. The number of nitro benzene ring substituents is 1. The Morgan fingerprint density at radius 2 is 1.74 bits per heavy atom. The van der Waals surface area contributed by atoms with E-state index in [-0.39, 0.29) is 18.0 Å². The number of hydrogen-bond acceptors (Lipinski definition) is 5. The second-order valence-electron chi connectivity index (χ2n) is 4.72. The molecule has 0 spiro atoms. The minimum atomic E-state index is -0.479. The molecule has 0 unspecified atom stereocenters. The molecule has 0 saturated carbocycles. The molecule has 0 fully saturated rings. The van der Waals surface area contributed by atoms with E-state index in [1.165, 1.54) is 26.4 Å². The Morgan fingerprint density at radius 3 is 2.30 bits per heavy atom. The number of rotatable bonds is 6. The van der Waals surface area contributed by atoms with Gasteiger partial charge in [-0.15, -0.1) is 0 Å². The van der Waals surface area contributed by atoms with Crippen LogP contribution in [0.2, 0.25) is 0 Å². The normalized spacial score (nSPS) is 10.0. The molecule has 1 amide bonds. The first kappa shape index (κ1) is 16.3. The van der Waals surface area contributed by atoms with Gasteiger partial charge in [-0.1, -0.05) is 12.1 Å². The Balaban J connectivity index is 2.03. The van der Waals surface area contributed by atoms with E-state index in [2.05, 4.69) is 5.32 Å². The topological polar surface area (TPSA) is 90.7 Å². The highest BCUT2D eigenvalue weighted by Gasteiger charge is 2.09. The van der Waals surface area contributed by atoms with Crippen molar-refractivity contribution >= 4 is 17.3 Å². The van der Waals surface area contributed by atoms with Crippen molar-refractivity contribution in [3.63, 3.8) is 0 Å². The lowest BCUT2D eigenvalue weighted by atomic mass is 10.1. The third-order valence-corrected chi connectivity index (χ3v) is 3.18. The van der Waals surface area contributed by atoms with Gasteiger partial charge in [0.2, 0.25) is 5.91 Å². The number of non-ortho nitro benzene ring substituents is 1. The van der Waals surface area contributed by atoms with Crippen molar-refractivity contribution < 1.29 is 19.2 Å². The van der Waals surface area contributed by atoms with E-state index in [4.69, 9.17) is 9.47 Å². The molecule has 1 N–H and O–H groups in total. The molecule has 2 aromatic rings. The van der Waals surface area contributed by atoms with Crippen LogP contribution in [-0.2, 0) is 11.2 Å². The number of nitrogens with one attached hydrogen (secondary N) is 1. The number of benzene rings is 2. The lowest BCUT2D eigenvalue weighted by Crippen LogP contribution is -2.14. The number of nitro groups is 1. The summed E-state index contributed by atoms with van der Waals surface area (Å²) >= 11 is 0. The van der Waals surface area contributed by atoms with E-state index in [1.54, 1.807) is 30.3 Å². The molecular formula is C16H16N2O5. The maximum absolute atomic E-state index is 12.0. The highest BCUT2D eigenvalue weighted by atomic mass is 16.6. The third kappa shape index (κ3) is 4.19. The molecular weight excluding hydrogens is 300 g/mol. The summed E-state index contributed by atoms with van der Waals surface area (Å²) in [5.41, 5.74) is 1.26.